The number of urea groups is 1. The third kappa shape index (κ3) is 5.43. The van der Waals surface area contributed by atoms with Gasteiger partial charge in [-0.05, 0) is 30.0 Å². The van der Waals surface area contributed by atoms with E-state index in [9.17, 15) is 19.5 Å². The van der Waals surface area contributed by atoms with Crippen molar-refractivity contribution in [1.82, 2.24) is 15.5 Å². The van der Waals surface area contributed by atoms with Gasteiger partial charge in [-0.15, -0.1) is 0 Å². The van der Waals surface area contributed by atoms with Gasteiger partial charge >= 0.3 is 6.03 Å². The molecule has 1 heterocycles. The first-order valence-electron chi connectivity index (χ1n) is 9.00. The molecule has 4 amide bonds. The fourth-order valence-electron chi connectivity index (χ4n) is 2.81. The first-order chi connectivity index (χ1) is 12.8. The highest BCUT2D eigenvalue weighted by atomic mass is 16.5. The summed E-state index contributed by atoms with van der Waals surface area (Å²) in [4.78, 5) is 37.8. The molecule has 27 heavy (non-hydrogen) atoms. The van der Waals surface area contributed by atoms with Crippen molar-refractivity contribution in [3.63, 3.8) is 0 Å². The average molecular weight is 377 g/mol. The highest BCUT2D eigenvalue weighted by Gasteiger charge is 2.37. The minimum absolute atomic E-state index is 0.0935. The third-order valence-corrected chi connectivity index (χ3v) is 4.61. The largest absolute Gasteiger partial charge is 0.497 e. The number of imide groups is 1. The Labute approximate surface area is 158 Å². The molecule has 2 rings (SSSR count). The van der Waals surface area contributed by atoms with Crippen LogP contribution in [-0.4, -0.2) is 53.7 Å². The van der Waals surface area contributed by atoms with Crippen LogP contribution in [0.25, 0.3) is 0 Å². The number of aliphatic hydroxyl groups is 1. The number of benzene rings is 1. The molecule has 8 nitrogen and oxygen atoms in total. The Bertz CT molecular complexity index is 674. The van der Waals surface area contributed by atoms with E-state index < -0.39 is 12.1 Å². The molecule has 1 aliphatic heterocycles. The molecule has 0 unspecified atom stereocenters. The Hall–Kier alpha value is -2.61. The van der Waals surface area contributed by atoms with Crippen LogP contribution in [0, 0.1) is 5.92 Å². The summed E-state index contributed by atoms with van der Waals surface area (Å²) in [5.41, 5.74) is 0.806. The molecule has 1 aromatic rings. The normalized spacial score (nSPS) is 17.8. The summed E-state index contributed by atoms with van der Waals surface area (Å²) >= 11 is 0. The molecule has 8 heteroatoms. The third-order valence-electron chi connectivity index (χ3n) is 4.61. The lowest BCUT2D eigenvalue weighted by atomic mass is 10.0. The second-order valence-electron chi connectivity index (χ2n) is 6.91. The van der Waals surface area contributed by atoms with Crippen molar-refractivity contribution < 1.29 is 24.2 Å². The van der Waals surface area contributed by atoms with Crippen molar-refractivity contribution >= 4 is 17.8 Å². The van der Waals surface area contributed by atoms with Gasteiger partial charge in [0.05, 0.1) is 26.3 Å². The first kappa shape index (κ1) is 20.7. The Morgan fingerprint density at radius 2 is 1.96 bits per heavy atom. The lowest BCUT2D eigenvalue weighted by molar-refractivity contribution is -0.128. The zero-order chi connectivity index (χ0) is 20.0. The topological polar surface area (TPSA) is 108 Å². The van der Waals surface area contributed by atoms with E-state index in [0.29, 0.717) is 5.75 Å². The van der Waals surface area contributed by atoms with Crippen molar-refractivity contribution in [2.24, 2.45) is 5.92 Å². The maximum atomic E-state index is 12.5. The van der Waals surface area contributed by atoms with E-state index >= 15 is 0 Å². The number of nitrogens with zero attached hydrogens (tertiary/aromatic N) is 1. The number of amides is 4. The van der Waals surface area contributed by atoms with Crippen LogP contribution < -0.4 is 15.4 Å². The lowest BCUT2D eigenvalue weighted by Gasteiger charge is -2.20. The second-order valence-corrected chi connectivity index (χ2v) is 6.91. The molecule has 2 atom stereocenters. The van der Waals surface area contributed by atoms with Crippen LogP contribution in [-0.2, 0) is 16.1 Å². The van der Waals surface area contributed by atoms with Gasteiger partial charge in [-0.25, -0.2) is 4.79 Å². The van der Waals surface area contributed by atoms with E-state index in [0.717, 1.165) is 10.5 Å². The quantitative estimate of drug-likeness (QED) is 0.557. The number of rotatable bonds is 9. The molecule has 1 saturated heterocycles. The van der Waals surface area contributed by atoms with Crippen LogP contribution >= 0.6 is 0 Å². The molecule has 1 aromatic carbocycles. The smallest absolute Gasteiger partial charge is 0.325 e. The highest BCUT2D eigenvalue weighted by molar-refractivity contribution is 6.04. The van der Waals surface area contributed by atoms with Gasteiger partial charge in [-0.1, -0.05) is 26.0 Å². The Morgan fingerprint density at radius 3 is 2.52 bits per heavy atom. The number of aliphatic hydroxyl groups excluding tert-OH is 1. The SMILES string of the molecule is COc1ccc(CN2C(=O)N[C@H](CCC(=O)N[C@@H](CO)C(C)C)C2=O)cc1. The van der Waals surface area contributed by atoms with Crippen LogP contribution in [0.1, 0.15) is 32.3 Å². The summed E-state index contributed by atoms with van der Waals surface area (Å²) in [5.74, 6) is 0.207. The van der Waals surface area contributed by atoms with E-state index in [1.165, 1.54) is 0 Å². The molecule has 0 saturated carbocycles. The Morgan fingerprint density at radius 1 is 1.30 bits per heavy atom. The van der Waals surface area contributed by atoms with Crippen LogP contribution in [0.3, 0.4) is 0 Å². The molecule has 1 fully saturated rings. The van der Waals surface area contributed by atoms with Gasteiger partial charge in [0.25, 0.3) is 5.91 Å². The summed E-state index contributed by atoms with van der Waals surface area (Å²) in [6.45, 7) is 3.83. The molecule has 0 radical (unpaired) electrons. The van der Waals surface area contributed by atoms with Crippen LogP contribution in [0.15, 0.2) is 24.3 Å². The van der Waals surface area contributed by atoms with E-state index in [-0.39, 0.29) is 49.8 Å². The number of ether oxygens (including phenoxy) is 1. The van der Waals surface area contributed by atoms with E-state index in [2.05, 4.69) is 10.6 Å². The fourth-order valence-corrected chi connectivity index (χ4v) is 2.81. The molecule has 3 N–H and O–H groups in total. The molecular weight excluding hydrogens is 350 g/mol. The number of carbonyl (C=O) groups is 3. The van der Waals surface area contributed by atoms with Gasteiger partial charge < -0.3 is 20.5 Å². The van der Waals surface area contributed by atoms with Gasteiger partial charge in [0.1, 0.15) is 11.8 Å². The number of nitrogens with one attached hydrogen (secondary N) is 2. The van der Waals surface area contributed by atoms with Crippen molar-refractivity contribution in [3.05, 3.63) is 29.8 Å². The molecule has 0 aliphatic carbocycles. The van der Waals surface area contributed by atoms with Crippen molar-refractivity contribution in [2.75, 3.05) is 13.7 Å². The Kier molecular flexibility index (Phi) is 7.18. The standard InChI is InChI=1S/C19H27N3O5/c1-12(2)16(11-23)20-17(24)9-8-15-18(25)22(19(26)21-15)10-13-4-6-14(27-3)7-5-13/h4-7,12,15-16,23H,8-11H2,1-3H3,(H,20,24)(H,21,26)/t15-,16+/m1/s1. The molecular formula is C19H27N3O5. The lowest BCUT2D eigenvalue weighted by Crippen LogP contribution is -2.42. The molecule has 1 aliphatic rings. The number of carbonyl (C=O) groups excluding carboxylic acids is 3. The van der Waals surface area contributed by atoms with Crippen LogP contribution in [0.2, 0.25) is 0 Å². The van der Waals surface area contributed by atoms with Crippen LogP contribution in [0.5, 0.6) is 5.75 Å². The van der Waals surface area contributed by atoms with Gasteiger partial charge in [0, 0.05) is 6.42 Å². The summed E-state index contributed by atoms with van der Waals surface area (Å²) in [5, 5.41) is 14.6. The maximum absolute atomic E-state index is 12.5. The molecule has 0 aromatic heterocycles. The average Bonchev–Trinajstić information content (AvgIpc) is 2.92. The molecule has 0 bridgehead atoms. The van der Waals surface area contributed by atoms with Gasteiger partial charge in [0.2, 0.25) is 5.91 Å². The molecule has 0 spiro atoms. The van der Waals surface area contributed by atoms with Gasteiger partial charge in [0.15, 0.2) is 0 Å². The monoisotopic (exact) mass is 377 g/mol. The predicted molar refractivity (Wildman–Crippen MR) is 99.0 cm³/mol. The van der Waals surface area contributed by atoms with Crippen molar-refractivity contribution in [2.45, 2.75) is 45.3 Å². The first-order valence-corrected chi connectivity index (χ1v) is 9.00. The zero-order valence-electron chi connectivity index (χ0n) is 15.9. The van der Waals surface area contributed by atoms with Gasteiger partial charge in [-0.3, -0.25) is 14.5 Å². The number of hydrogen-bond acceptors (Lipinski definition) is 5. The second kappa shape index (κ2) is 9.36. The summed E-state index contributed by atoms with van der Waals surface area (Å²) < 4.78 is 5.09. The van der Waals surface area contributed by atoms with Crippen molar-refractivity contribution in [1.29, 1.82) is 0 Å². The fraction of sp³-hybridized carbons (Fsp3) is 0.526. The summed E-state index contributed by atoms with van der Waals surface area (Å²) in [7, 11) is 1.57. The van der Waals surface area contributed by atoms with E-state index in [1.54, 1.807) is 31.4 Å². The summed E-state index contributed by atoms with van der Waals surface area (Å²) in [6.07, 6.45) is 0.308. The number of hydrogen-bond donors (Lipinski definition) is 3. The van der Waals surface area contributed by atoms with E-state index in [4.69, 9.17) is 4.74 Å². The molecule has 148 valence electrons. The zero-order valence-corrected chi connectivity index (χ0v) is 15.9. The Balaban J connectivity index is 1.88. The predicted octanol–water partition coefficient (Wildman–Crippen LogP) is 1.03. The minimum Gasteiger partial charge on any atom is -0.497 e. The van der Waals surface area contributed by atoms with Crippen LogP contribution in [0.4, 0.5) is 4.79 Å². The minimum atomic E-state index is -0.715. The highest BCUT2D eigenvalue weighted by Crippen LogP contribution is 2.17. The summed E-state index contributed by atoms with van der Waals surface area (Å²) in [6, 6.07) is 5.62. The maximum Gasteiger partial charge on any atom is 0.325 e. The van der Waals surface area contributed by atoms with Crippen molar-refractivity contribution in [3.8, 4) is 5.75 Å². The number of methoxy groups -OCH3 is 1. The van der Waals surface area contributed by atoms with E-state index in [1.807, 2.05) is 13.8 Å². The van der Waals surface area contributed by atoms with Gasteiger partial charge in [-0.2, -0.15) is 0 Å².